The molecule has 28 heavy (non-hydrogen) atoms. The molecule has 0 unspecified atom stereocenters. The van der Waals surface area contributed by atoms with Crippen molar-refractivity contribution in [1.82, 2.24) is 21.0 Å². The molecule has 0 atom stereocenters. The summed E-state index contributed by atoms with van der Waals surface area (Å²) in [6.45, 7) is 3.89. The van der Waals surface area contributed by atoms with Gasteiger partial charge < -0.3 is 0 Å². The number of hydrazine groups is 1. The summed E-state index contributed by atoms with van der Waals surface area (Å²) < 4.78 is 1.66. The Morgan fingerprint density at radius 1 is 1.00 bits per heavy atom. The SMILES string of the molecule is C=C(NNC(=O)CSc1nnc(SCc2ccccc2)s1)c1ccc(Cl)cc1. The second-order valence-electron chi connectivity index (χ2n) is 5.56. The van der Waals surface area contributed by atoms with E-state index in [1.165, 1.54) is 28.7 Å². The number of nitrogens with zero attached hydrogens (tertiary/aromatic N) is 2. The van der Waals surface area contributed by atoms with E-state index in [-0.39, 0.29) is 11.7 Å². The first-order valence-corrected chi connectivity index (χ1v) is 11.4. The molecular formula is C19H17ClN4OS3. The van der Waals surface area contributed by atoms with E-state index in [1.54, 1.807) is 23.9 Å². The van der Waals surface area contributed by atoms with Crippen molar-refractivity contribution in [2.45, 2.75) is 14.4 Å². The van der Waals surface area contributed by atoms with Gasteiger partial charge >= 0.3 is 0 Å². The summed E-state index contributed by atoms with van der Waals surface area (Å²) in [7, 11) is 0. The van der Waals surface area contributed by atoms with Gasteiger partial charge in [0.2, 0.25) is 5.91 Å². The molecule has 0 aliphatic heterocycles. The van der Waals surface area contributed by atoms with E-state index >= 15 is 0 Å². The Kier molecular flexibility index (Phi) is 7.79. The molecule has 0 bridgehead atoms. The highest BCUT2D eigenvalue weighted by Gasteiger charge is 2.09. The molecule has 0 aliphatic carbocycles. The molecular weight excluding hydrogens is 432 g/mol. The third kappa shape index (κ3) is 6.56. The summed E-state index contributed by atoms with van der Waals surface area (Å²) >= 11 is 10.3. The Morgan fingerprint density at radius 3 is 2.39 bits per heavy atom. The molecule has 0 saturated heterocycles. The summed E-state index contributed by atoms with van der Waals surface area (Å²) in [4.78, 5) is 12.0. The molecule has 0 fully saturated rings. The number of halogens is 1. The maximum absolute atomic E-state index is 12.0. The predicted octanol–water partition coefficient (Wildman–Crippen LogP) is 4.87. The quantitative estimate of drug-likeness (QED) is 0.359. The molecule has 0 saturated carbocycles. The zero-order chi connectivity index (χ0) is 19.8. The largest absolute Gasteiger partial charge is 0.299 e. The second-order valence-corrected chi connectivity index (χ2v) is 9.41. The lowest BCUT2D eigenvalue weighted by atomic mass is 10.2. The van der Waals surface area contributed by atoms with Crippen LogP contribution in [0.2, 0.25) is 5.02 Å². The van der Waals surface area contributed by atoms with E-state index in [1.807, 2.05) is 30.3 Å². The van der Waals surface area contributed by atoms with Crippen LogP contribution in [-0.4, -0.2) is 21.9 Å². The Morgan fingerprint density at radius 2 is 1.68 bits per heavy atom. The molecule has 0 aliphatic rings. The number of hydrogen-bond donors (Lipinski definition) is 2. The minimum Gasteiger partial charge on any atom is -0.299 e. The van der Waals surface area contributed by atoms with E-state index in [0.717, 1.165) is 20.0 Å². The van der Waals surface area contributed by atoms with Gasteiger partial charge in [-0.25, -0.2) is 0 Å². The van der Waals surface area contributed by atoms with E-state index in [0.29, 0.717) is 10.7 Å². The maximum atomic E-state index is 12.0. The highest BCUT2D eigenvalue weighted by Crippen LogP contribution is 2.30. The highest BCUT2D eigenvalue weighted by molar-refractivity contribution is 8.03. The number of thioether (sulfide) groups is 2. The van der Waals surface area contributed by atoms with Gasteiger partial charge in [-0.05, 0) is 23.3 Å². The average molecular weight is 449 g/mol. The van der Waals surface area contributed by atoms with Crippen LogP contribution in [0.25, 0.3) is 5.70 Å². The molecule has 1 aromatic heterocycles. The van der Waals surface area contributed by atoms with Crippen LogP contribution in [0, 0.1) is 0 Å². The first-order chi connectivity index (χ1) is 13.6. The number of benzene rings is 2. The van der Waals surface area contributed by atoms with Crippen LogP contribution >= 0.6 is 46.5 Å². The number of hydrogen-bond acceptors (Lipinski definition) is 7. The summed E-state index contributed by atoms with van der Waals surface area (Å²) in [5.74, 6) is 0.907. The number of aromatic nitrogens is 2. The van der Waals surface area contributed by atoms with E-state index in [4.69, 9.17) is 11.6 Å². The predicted molar refractivity (Wildman–Crippen MR) is 118 cm³/mol. The first kappa shape index (κ1) is 20.7. The minimum atomic E-state index is -0.172. The molecule has 0 spiro atoms. The molecule has 144 valence electrons. The van der Waals surface area contributed by atoms with Gasteiger partial charge in [-0.3, -0.25) is 15.6 Å². The Balaban J connectivity index is 1.39. The molecule has 2 aromatic carbocycles. The number of carbonyl (C=O) groups is 1. The Bertz CT molecular complexity index is 932. The second kappa shape index (κ2) is 10.5. The summed E-state index contributed by atoms with van der Waals surface area (Å²) in [6.07, 6.45) is 0. The molecule has 0 radical (unpaired) electrons. The molecule has 3 aromatic rings. The lowest BCUT2D eigenvalue weighted by Crippen LogP contribution is -2.37. The van der Waals surface area contributed by atoms with Crippen molar-refractivity contribution in [1.29, 1.82) is 0 Å². The van der Waals surface area contributed by atoms with Crippen molar-refractivity contribution < 1.29 is 4.79 Å². The van der Waals surface area contributed by atoms with E-state index < -0.39 is 0 Å². The van der Waals surface area contributed by atoms with Crippen LogP contribution in [0.4, 0.5) is 0 Å². The average Bonchev–Trinajstić information content (AvgIpc) is 3.18. The first-order valence-electron chi connectivity index (χ1n) is 8.23. The molecule has 3 rings (SSSR count). The summed E-state index contributed by atoms with van der Waals surface area (Å²) in [6, 6.07) is 17.4. The van der Waals surface area contributed by atoms with Crippen molar-refractivity contribution in [2.24, 2.45) is 0 Å². The normalized spacial score (nSPS) is 10.5. The molecule has 5 nitrogen and oxygen atoms in total. The Hall–Kier alpha value is -2.00. The number of carbonyl (C=O) groups excluding carboxylic acids is 1. The molecule has 1 heterocycles. The van der Waals surface area contributed by atoms with Crippen molar-refractivity contribution in [3.63, 3.8) is 0 Å². The number of rotatable bonds is 9. The van der Waals surface area contributed by atoms with Gasteiger partial charge in [0, 0.05) is 10.8 Å². The fraction of sp³-hybridized carbons (Fsp3) is 0.105. The number of amides is 1. The van der Waals surface area contributed by atoms with Crippen LogP contribution in [0.15, 0.2) is 69.9 Å². The lowest BCUT2D eigenvalue weighted by Gasteiger charge is -2.10. The van der Waals surface area contributed by atoms with Crippen molar-refractivity contribution in [2.75, 3.05) is 5.75 Å². The van der Waals surface area contributed by atoms with Gasteiger partial charge in [0.25, 0.3) is 0 Å². The highest BCUT2D eigenvalue weighted by atomic mass is 35.5. The third-order valence-electron chi connectivity index (χ3n) is 3.47. The smallest absolute Gasteiger partial charge is 0.248 e. The van der Waals surface area contributed by atoms with Gasteiger partial charge in [0.15, 0.2) is 8.68 Å². The van der Waals surface area contributed by atoms with E-state index in [9.17, 15) is 4.79 Å². The zero-order valence-corrected chi connectivity index (χ0v) is 17.9. The standard InChI is InChI=1S/C19H17ClN4OS3/c1-13(15-7-9-16(20)10-8-15)21-22-17(25)12-27-19-24-23-18(28-19)26-11-14-5-3-2-4-6-14/h2-10,21H,1,11-12H2,(H,22,25). The van der Waals surface area contributed by atoms with Crippen LogP contribution < -0.4 is 10.9 Å². The molecule has 2 N–H and O–H groups in total. The minimum absolute atomic E-state index is 0.172. The fourth-order valence-electron chi connectivity index (χ4n) is 2.06. The van der Waals surface area contributed by atoms with Crippen molar-refractivity contribution >= 4 is 58.1 Å². The van der Waals surface area contributed by atoms with E-state index in [2.05, 4.69) is 39.8 Å². The topological polar surface area (TPSA) is 66.9 Å². The monoisotopic (exact) mass is 448 g/mol. The Labute approximate surface area is 181 Å². The van der Waals surface area contributed by atoms with Crippen molar-refractivity contribution in [3.05, 3.63) is 77.3 Å². The third-order valence-corrected chi connectivity index (χ3v) is 6.98. The molecule has 1 amide bonds. The number of nitrogens with one attached hydrogen (secondary N) is 2. The van der Waals surface area contributed by atoms with Crippen LogP contribution in [0.1, 0.15) is 11.1 Å². The maximum Gasteiger partial charge on any atom is 0.248 e. The van der Waals surface area contributed by atoms with Crippen LogP contribution in [0.5, 0.6) is 0 Å². The molecule has 9 heteroatoms. The fourth-order valence-corrected chi connectivity index (χ4v) is 4.97. The van der Waals surface area contributed by atoms with Gasteiger partial charge in [-0.15, -0.1) is 10.2 Å². The van der Waals surface area contributed by atoms with Gasteiger partial charge in [0.1, 0.15) is 0 Å². The van der Waals surface area contributed by atoms with Gasteiger partial charge in [0.05, 0.1) is 11.4 Å². The van der Waals surface area contributed by atoms with Crippen LogP contribution in [-0.2, 0) is 10.5 Å². The lowest BCUT2D eigenvalue weighted by molar-refractivity contribution is -0.119. The van der Waals surface area contributed by atoms with Crippen LogP contribution in [0.3, 0.4) is 0 Å². The van der Waals surface area contributed by atoms with Crippen molar-refractivity contribution in [3.8, 4) is 0 Å². The zero-order valence-electron chi connectivity index (χ0n) is 14.7. The summed E-state index contributed by atoms with van der Waals surface area (Å²) in [5.41, 5.74) is 8.12. The van der Waals surface area contributed by atoms with Gasteiger partial charge in [-0.1, -0.05) is 95.5 Å². The summed E-state index contributed by atoms with van der Waals surface area (Å²) in [5, 5.41) is 8.95. The van der Waals surface area contributed by atoms with Gasteiger partial charge in [-0.2, -0.15) is 0 Å².